The molecule has 0 radical (unpaired) electrons. The monoisotopic (exact) mass is 295 g/mol. The summed E-state index contributed by atoms with van der Waals surface area (Å²) in [6.45, 7) is 0.959. The molecule has 0 aromatic heterocycles. The smallest absolute Gasteiger partial charge is 0.339 e. The van der Waals surface area contributed by atoms with Crippen LogP contribution in [0.5, 0.6) is 0 Å². The first-order chi connectivity index (χ1) is 9.58. The van der Waals surface area contributed by atoms with Gasteiger partial charge in [-0.3, -0.25) is 0 Å². The van der Waals surface area contributed by atoms with E-state index in [1.54, 1.807) is 18.2 Å². The number of hydrogen-bond acceptors (Lipinski definition) is 3. The van der Waals surface area contributed by atoms with E-state index in [2.05, 4.69) is 19.0 Å². The van der Waals surface area contributed by atoms with E-state index in [0.29, 0.717) is 16.5 Å². The van der Waals surface area contributed by atoms with Crippen molar-refractivity contribution in [3.63, 3.8) is 0 Å². The first kappa shape index (κ1) is 15.3. The van der Waals surface area contributed by atoms with Crippen molar-refractivity contribution in [1.29, 1.82) is 0 Å². The average molecular weight is 296 g/mol. The summed E-state index contributed by atoms with van der Waals surface area (Å²) in [5.74, 6) is 0.122. The molecule has 2 atom stereocenters. The fourth-order valence-corrected chi connectivity index (χ4v) is 3.05. The Morgan fingerprint density at radius 2 is 2.00 bits per heavy atom. The van der Waals surface area contributed by atoms with Crippen molar-refractivity contribution in [2.45, 2.75) is 31.8 Å². The molecule has 1 aromatic carbocycles. The summed E-state index contributed by atoms with van der Waals surface area (Å²) < 4.78 is 5.72. The summed E-state index contributed by atoms with van der Waals surface area (Å²) in [5.41, 5.74) is 0.461. The van der Waals surface area contributed by atoms with Gasteiger partial charge in [-0.15, -0.1) is 0 Å². The predicted molar refractivity (Wildman–Crippen MR) is 81.2 cm³/mol. The van der Waals surface area contributed by atoms with Crippen LogP contribution >= 0.6 is 11.6 Å². The van der Waals surface area contributed by atoms with Gasteiger partial charge in [-0.25, -0.2) is 4.79 Å². The van der Waals surface area contributed by atoms with Gasteiger partial charge in [0.2, 0.25) is 0 Å². The normalized spacial score (nSPS) is 22.8. The Kier molecular flexibility index (Phi) is 5.44. The number of ether oxygens (including phenoxy) is 1. The molecule has 0 unspecified atom stereocenters. The molecule has 0 bridgehead atoms. The maximum Gasteiger partial charge on any atom is 0.339 e. The third kappa shape index (κ3) is 3.97. The molecule has 0 aliphatic heterocycles. The van der Waals surface area contributed by atoms with Crippen molar-refractivity contribution in [3.8, 4) is 0 Å². The number of carbonyl (C=O) groups is 1. The molecule has 0 spiro atoms. The zero-order valence-electron chi connectivity index (χ0n) is 12.1. The zero-order chi connectivity index (χ0) is 14.5. The highest BCUT2D eigenvalue weighted by molar-refractivity contribution is 6.33. The molecule has 1 aromatic rings. The summed E-state index contributed by atoms with van der Waals surface area (Å²) >= 11 is 6.05. The van der Waals surface area contributed by atoms with Crippen LogP contribution in [-0.4, -0.2) is 37.6 Å². The molecule has 1 saturated carbocycles. The predicted octanol–water partition coefficient (Wildman–Crippen LogP) is 3.62. The Hall–Kier alpha value is -1.06. The van der Waals surface area contributed by atoms with Crippen LogP contribution in [0, 0.1) is 5.92 Å². The van der Waals surface area contributed by atoms with Crippen LogP contribution in [0.2, 0.25) is 5.02 Å². The molecule has 1 fully saturated rings. The second-order valence-electron chi connectivity index (χ2n) is 5.73. The molecule has 0 N–H and O–H groups in total. The van der Waals surface area contributed by atoms with Crippen LogP contribution in [-0.2, 0) is 4.74 Å². The molecular weight excluding hydrogens is 274 g/mol. The lowest BCUT2D eigenvalue weighted by Gasteiger charge is -2.33. The fraction of sp³-hybridized carbons (Fsp3) is 0.562. The third-order valence-corrected chi connectivity index (χ3v) is 4.12. The maximum atomic E-state index is 12.2. The van der Waals surface area contributed by atoms with Gasteiger partial charge in [0.05, 0.1) is 10.6 Å². The standard InChI is InChI=1S/C16H22ClNO2/c1-18(2)11-12-7-3-6-10-15(12)20-16(19)13-8-4-5-9-14(13)17/h4-5,8-9,12,15H,3,6-7,10-11H2,1-2H3/t12-,15-/m1/s1. The molecule has 20 heavy (non-hydrogen) atoms. The van der Waals surface area contributed by atoms with E-state index >= 15 is 0 Å². The molecule has 1 aliphatic rings. The SMILES string of the molecule is CN(C)C[C@H]1CCCC[C@H]1OC(=O)c1ccccc1Cl. The molecule has 3 nitrogen and oxygen atoms in total. The lowest BCUT2D eigenvalue weighted by molar-refractivity contribution is -0.00322. The Balaban J connectivity index is 2.03. The van der Waals surface area contributed by atoms with E-state index in [9.17, 15) is 4.79 Å². The van der Waals surface area contributed by atoms with Crippen LogP contribution in [0.25, 0.3) is 0 Å². The summed E-state index contributed by atoms with van der Waals surface area (Å²) in [4.78, 5) is 14.4. The molecule has 0 saturated heterocycles. The van der Waals surface area contributed by atoms with E-state index < -0.39 is 0 Å². The number of rotatable bonds is 4. The highest BCUT2D eigenvalue weighted by Gasteiger charge is 2.29. The Morgan fingerprint density at radius 1 is 1.30 bits per heavy atom. The van der Waals surface area contributed by atoms with Crippen LogP contribution < -0.4 is 0 Å². The van der Waals surface area contributed by atoms with Crippen molar-refractivity contribution in [3.05, 3.63) is 34.9 Å². The Bertz CT molecular complexity index is 462. The Labute approximate surface area is 125 Å². The Morgan fingerprint density at radius 3 is 2.70 bits per heavy atom. The van der Waals surface area contributed by atoms with Crippen LogP contribution in [0.3, 0.4) is 0 Å². The lowest BCUT2D eigenvalue weighted by atomic mass is 9.86. The van der Waals surface area contributed by atoms with Crippen molar-refractivity contribution < 1.29 is 9.53 Å². The molecule has 110 valence electrons. The van der Waals surface area contributed by atoms with E-state index in [1.807, 2.05) is 6.07 Å². The highest BCUT2D eigenvalue weighted by atomic mass is 35.5. The van der Waals surface area contributed by atoms with Crippen molar-refractivity contribution in [1.82, 2.24) is 4.90 Å². The quantitative estimate of drug-likeness (QED) is 0.795. The van der Waals surface area contributed by atoms with E-state index in [4.69, 9.17) is 16.3 Å². The number of nitrogens with zero attached hydrogens (tertiary/aromatic N) is 1. The van der Waals surface area contributed by atoms with Gasteiger partial charge in [0.15, 0.2) is 0 Å². The van der Waals surface area contributed by atoms with Gasteiger partial charge in [-0.05, 0) is 45.5 Å². The number of carbonyl (C=O) groups excluding carboxylic acids is 1. The first-order valence-electron chi connectivity index (χ1n) is 7.18. The lowest BCUT2D eigenvalue weighted by Crippen LogP contribution is -2.36. The number of hydrogen-bond donors (Lipinski definition) is 0. The zero-order valence-corrected chi connectivity index (χ0v) is 12.9. The number of halogens is 1. The minimum atomic E-state index is -0.300. The molecular formula is C16H22ClNO2. The summed E-state index contributed by atoms with van der Waals surface area (Å²) in [7, 11) is 4.11. The van der Waals surface area contributed by atoms with Gasteiger partial charge in [0.1, 0.15) is 6.10 Å². The minimum Gasteiger partial charge on any atom is -0.458 e. The first-order valence-corrected chi connectivity index (χ1v) is 7.56. The third-order valence-electron chi connectivity index (χ3n) is 3.79. The van der Waals surface area contributed by atoms with E-state index in [-0.39, 0.29) is 12.1 Å². The average Bonchev–Trinajstić information content (AvgIpc) is 2.41. The number of benzene rings is 1. The van der Waals surface area contributed by atoms with Crippen molar-refractivity contribution >= 4 is 17.6 Å². The second-order valence-corrected chi connectivity index (χ2v) is 6.14. The van der Waals surface area contributed by atoms with Gasteiger partial charge < -0.3 is 9.64 Å². The van der Waals surface area contributed by atoms with E-state index in [0.717, 1.165) is 25.8 Å². The van der Waals surface area contributed by atoms with Gasteiger partial charge in [-0.1, -0.05) is 30.2 Å². The largest absolute Gasteiger partial charge is 0.458 e. The van der Waals surface area contributed by atoms with Crippen molar-refractivity contribution in [2.24, 2.45) is 5.92 Å². The summed E-state index contributed by atoms with van der Waals surface area (Å²) in [6.07, 6.45) is 4.44. The molecule has 0 heterocycles. The summed E-state index contributed by atoms with van der Waals surface area (Å²) in [6, 6.07) is 7.06. The minimum absolute atomic E-state index is 0.00919. The fourth-order valence-electron chi connectivity index (χ4n) is 2.83. The van der Waals surface area contributed by atoms with Gasteiger partial charge in [0, 0.05) is 12.5 Å². The van der Waals surface area contributed by atoms with Crippen LogP contribution in [0.4, 0.5) is 0 Å². The van der Waals surface area contributed by atoms with Crippen LogP contribution in [0.1, 0.15) is 36.0 Å². The van der Waals surface area contributed by atoms with Gasteiger partial charge in [0.25, 0.3) is 0 Å². The molecule has 0 amide bonds. The number of esters is 1. The second kappa shape index (κ2) is 7.09. The van der Waals surface area contributed by atoms with Gasteiger partial charge >= 0.3 is 5.97 Å². The molecule has 4 heteroatoms. The molecule has 2 rings (SSSR count). The topological polar surface area (TPSA) is 29.5 Å². The van der Waals surface area contributed by atoms with Crippen LogP contribution in [0.15, 0.2) is 24.3 Å². The van der Waals surface area contributed by atoms with Gasteiger partial charge in [-0.2, -0.15) is 0 Å². The summed E-state index contributed by atoms with van der Waals surface area (Å²) in [5, 5.41) is 0.456. The van der Waals surface area contributed by atoms with Crippen molar-refractivity contribution in [2.75, 3.05) is 20.6 Å². The van der Waals surface area contributed by atoms with E-state index in [1.165, 1.54) is 6.42 Å². The highest BCUT2D eigenvalue weighted by Crippen LogP contribution is 2.28. The maximum absolute atomic E-state index is 12.2. The molecule has 1 aliphatic carbocycles.